The first kappa shape index (κ1) is 17.0. The number of nitrogens with zero attached hydrogens (tertiary/aromatic N) is 2. The second-order valence-corrected chi connectivity index (χ2v) is 4.99. The number of aromatic nitrogens is 1. The van der Waals surface area contributed by atoms with Crippen LogP contribution < -0.4 is 14.9 Å². The van der Waals surface area contributed by atoms with Gasteiger partial charge in [-0.15, -0.1) is 11.3 Å². The van der Waals surface area contributed by atoms with Crippen molar-refractivity contribution in [3.63, 3.8) is 0 Å². The summed E-state index contributed by atoms with van der Waals surface area (Å²) in [7, 11) is 0. The highest BCUT2D eigenvalue weighted by atomic mass is 32.1. The normalized spacial score (nSPS) is 11.4. The van der Waals surface area contributed by atoms with Gasteiger partial charge < -0.3 is 9.47 Å². The van der Waals surface area contributed by atoms with Gasteiger partial charge in [-0.2, -0.15) is 22.7 Å². The summed E-state index contributed by atoms with van der Waals surface area (Å²) in [6, 6.07) is 3.58. The molecule has 1 N–H and O–H groups in total. The summed E-state index contributed by atoms with van der Waals surface area (Å²) >= 11 is 1.34. The Balaban J connectivity index is 2.12. The first-order valence-electron chi connectivity index (χ1n) is 6.19. The molecule has 0 atom stereocenters. The molecule has 1 aromatic heterocycles. The van der Waals surface area contributed by atoms with E-state index in [1.807, 2.05) is 12.3 Å². The minimum absolute atomic E-state index is 0.350. The molecule has 0 aliphatic carbocycles. The van der Waals surface area contributed by atoms with Crippen molar-refractivity contribution in [3.8, 4) is 11.5 Å². The van der Waals surface area contributed by atoms with Crippen LogP contribution in [0.5, 0.6) is 11.5 Å². The van der Waals surface area contributed by atoms with Gasteiger partial charge in [0.2, 0.25) is 5.13 Å². The molecule has 0 saturated carbocycles. The third-order valence-electron chi connectivity index (χ3n) is 2.39. The lowest BCUT2D eigenvalue weighted by Gasteiger charge is -2.11. The molecule has 0 spiro atoms. The number of aryl methyl sites for hydroxylation is 1. The van der Waals surface area contributed by atoms with Gasteiger partial charge in [0, 0.05) is 5.38 Å². The number of alkyl halides is 4. The van der Waals surface area contributed by atoms with Crippen molar-refractivity contribution in [1.82, 2.24) is 4.98 Å². The van der Waals surface area contributed by atoms with Crippen LogP contribution in [0.4, 0.5) is 22.7 Å². The maximum atomic E-state index is 12.3. The Morgan fingerprint density at radius 3 is 2.48 bits per heavy atom. The summed E-state index contributed by atoms with van der Waals surface area (Å²) in [6.45, 7) is -4.50. The number of hydrazone groups is 1. The molecule has 1 aromatic carbocycles. The summed E-state index contributed by atoms with van der Waals surface area (Å²) in [6.07, 6.45) is 1.31. The van der Waals surface area contributed by atoms with Gasteiger partial charge in [-0.05, 0) is 30.7 Å². The maximum Gasteiger partial charge on any atom is 0.387 e. The van der Waals surface area contributed by atoms with E-state index in [4.69, 9.17) is 0 Å². The van der Waals surface area contributed by atoms with Gasteiger partial charge in [0.1, 0.15) is 0 Å². The van der Waals surface area contributed by atoms with Gasteiger partial charge in [-0.1, -0.05) is 0 Å². The molecule has 10 heteroatoms. The molecule has 1 heterocycles. The molecule has 2 aromatic rings. The maximum absolute atomic E-state index is 12.3. The Kier molecular flexibility index (Phi) is 5.74. The molecule has 0 bridgehead atoms. The third kappa shape index (κ3) is 5.40. The van der Waals surface area contributed by atoms with E-state index in [2.05, 4.69) is 25.0 Å². The van der Waals surface area contributed by atoms with Crippen molar-refractivity contribution in [1.29, 1.82) is 0 Å². The van der Waals surface area contributed by atoms with E-state index in [1.54, 1.807) is 0 Å². The molecule has 23 heavy (non-hydrogen) atoms. The van der Waals surface area contributed by atoms with E-state index in [1.165, 1.54) is 23.6 Å². The van der Waals surface area contributed by atoms with Crippen molar-refractivity contribution in [3.05, 3.63) is 34.8 Å². The number of ether oxygens (including phenoxy) is 2. The fraction of sp³-hybridized carbons (Fsp3) is 0.231. The van der Waals surface area contributed by atoms with Crippen LogP contribution in [0.1, 0.15) is 11.3 Å². The highest BCUT2D eigenvalue weighted by Crippen LogP contribution is 2.30. The first-order valence-corrected chi connectivity index (χ1v) is 7.07. The zero-order valence-corrected chi connectivity index (χ0v) is 12.5. The standard InChI is InChI=1S/C13H11F4N3O2S/c1-7-6-23-13(19-7)20-18-5-8-2-3-9(21-11(14)15)10(4-8)22-12(16)17/h2-6,11-12H,1H3,(H,19,20). The minimum Gasteiger partial charge on any atom is -0.431 e. The molecule has 0 aliphatic rings. The van der Waals surface area contributed by atoms with Crippen LogP contribution in [0.2, 0.25) is 0 Å². The van der Waals surface area contributed by atoms with Crippen molar-refractivity contribution >= 4 is 22.7 Å². The number of hydrogen-bond donors (Lipinski definition) is 1. The van der Waals surface area contributed by atoms with Gasteiger partial charge in [0.15, 0.2) is 11.5 Å². The van der Waals surface area contributed by atoms with Crippen LogP contribution in [-0.2, 0) is 0 Å². The number of halogens is 4. The Hall–Kier alpha value is -2.36. The van der Waals surface area contributed by atoms with Crippen molar-refractivity contribution < 1.29 is 27.0 Å². The second kappa shape index (κ2) is 7.77. The Bertz CT molecular complexity index is 679. The van der Waals surface area contributed by atoms with Crippen LogP contribution in [0, 0.1) is 6.92 Å². The van der Waals surface area contributed by atoms with Gasteiger partial charge in [0.05, 0.1) is 11.9 Å². The summed E-state index contributed by atoms with van der Waals surface area (Å²) < 4.78 is 57.4. The molecule has 0 saturated heterocycles. The van der Waals surface area contributed by atoms with Gasteiger partial charge in [-0.25, -0.2) is 4.98 Å². The average Bonchev–Trinajstić information content (AvgIpc) is 2.86. The Morgan fingerprint density at radius 2 is 1.87 bits per heavy atom. The molecule has 0 radical (unpaired) electrons. The van der Waals surface area contributed by atoms with Crippen LogP contribution in [0.15, 0.2) is 28.7 Å². The molecular formula is C13H11F4N3O2S. The summed E-state index contributed by atoms with van der Waals surface area (Å²) in [4.78, 5) is 4.11. The highest BCUT2D eigenvalue weighted by Gasteiger charge is 2.14. The van der Waals surface area contributed by atoms with Gasteiger partial charge in [0.25, 0.3) is 0 Å². The molecular weight excluding hydrogens is 338 g/mol. The topological polar surface area (TPSA) is 55.7 Å². The quantitative estimate of drug-likeness (QED) is 0.464. The predicted octanol–water partition coefficient (Wildman–Crippen LogP) is 4.10. The molecule has 0 aliphatic heterocycles. The average molecular weight is 349 g/mol. The number of anilines is 1. The zero-order valence-electron chi connectivity index (χ0n) is 11.7. The van der Waals surface area contributed by atoms with E-state index in [9.17, 15) is 17.6 Å². The van der Waals surface area contributed by atoms with Crippen LogP contribution in [-0.4, -0.2) is 24.4 Å². The van der Waals surface area contributed by atoms with E-state index in [0.29, 0.717) is 10.7 Å². The van der Waals surface area contributed by atoms with E-state index < -0.39 is 24.7 Å². The Morgan fingerprint density at radius 1 is 1.17 bits per heavy atom. The first-order chi connectivity index (χ1) is 10.9. The van der Waals surface area contributed by atoms with Crippen LogP contribution in [0.25, 0.3) is 0 Å². The molecule has 5 nitrogen and oxygen atoms in total. The van der Waals surface area contributed by atoms with Crippen molar-refractivity contribution in [2.24, 2.45) is 5.10 Å². The minimum atomic E-state index is -3.17. The number of hydrogen-bond acceptors (Lipinski definition) is 6. The predicted molar refractivity (Wildman–Crippen MR) is 77.8 cm³/mol. The lowest BCUT2D eigenvalue weighted by molar-refractivity contribution is -0.0692. The van der Waals surface area contributed by atoms with Gasteiger partial charge in [-0.3, -0.25) is 5.43 Å². The molecule has 0 fully saturated rings. The summed E-state index contributed by atoms with van der Waals surface area (Å²) in [5, 5.41) is 6.26. The van der Waals surface area contributed by atoms with Crippen LogP contribution in [0.3, 0.4) is 0 Å². The number of rotatable bonds is 7. The SMILES string of the molecule is Cc1csc(NN=Cc2ccc(OC(F)F)c(OC(F)F)c2)n1. The lowest BCUT2D eigenvalue weighted by atomic mass is 10.2. The van der Waals surface area contributed by atoms with E-state index in [-0.39, 0.29) is 0 Å². The zero-order chi connectivity index (χ0) is 16.8. The van der Waals surface area contributed by atoms with Gasteiger partial charge >= 0.3 is 13.2 Å². The Labute approximate surface area is 132 Å². The lowest BCUT2D eigenvalue weighted by Crippen LogP contribution is -2.08. The number of thiazole rings is 1. The largest absolute Gasteiger partial charge is 0.431 e. The fourth-order valence-corrected chi connectivity index (χ4v) is 2.19. The number of nitrogens with one attached hydrogen (secondary N) is 1. The van der Waals surface area contributed by atoms with E-state index in [0.717, 1.165) is 17.8 Å². The number of benzene rings is 1. The van der Waals surface area contributed by atoms with Crippen molar-refractivity contribution in [2.75, 3.05) is 5.43 Å². The molecule has 124 valence electrons. The monoisotopic (exact) mass is 349 g/mol. The smallest absolute Gasteiger partial charge is 0.387 e. The second-order valence-electron chi connectivity index (χ2n) is 4.13. The van der Waals surface area contributed by atoms with Crippen LogP contribution >= 0.6 is 11.3 Å². The summed E-state index contributed by atoms with van der Waals surface area (Å²) in [5.41, 5.74) is 3.84. The summed E-state index contributed by atoms with van der Waals surface area (Å²) in [5.74, 6) is -0.990. The van der Waals surface area contributed by atoms with E-state index >= 15 is 0 Å². The molecule has 0 unspecified atom stereocenters. The highest BCUT2D eigenvalue weighted by molar-refractivity contribution is 7.13. The fourth-order valence-electron chi connectivity index (χ4n) is 1.55. The third-order valence-corrected chi connectivity index (χ3v) is 3.26. The molecule has 0 amide bonds. The molecule has 2 rings (SSSR count). The van der Waals surface area contributed by atoms with Crippen molar-refractivity contribution in [2.45, 2.75) is 20.1 Å².